The molecule has 0 fully saturated rings. The maximum absolute atomic E-state index is 4.48. The maximum atomic E-state index is 4.48. The van der Waals surface area contributed by atoms with Gasteiger partial charge in [-0.15, -0.1) is 11.3 Å². The Labute approximate surface area is 118 Å². The van der Waals surface area contributed by atoms with Crippen molar-refractivity contribution < 1.29 is 0 Å². The van der Waals surface area contributed by atoms with Gasteiger partial charge >= 0.3 is 0 Å². The van der Waals surface area contributed by atoms with E-state index in [-0.39, 0.29) is 0 Å². The van der Waals surface area contributed by atoms with Gasteiger partial charge in [0, 0.05) is 31.2 Å². The van der Waals surface area contributed by atoms with Crippen molar-refractivity contribution in [1.82, 2.24) is 14.9 Å². The molecule has 0 spiro atoms. The third-order valence-electron chi connectivity index (χ3n) is 2.73. The quantitative estimate of drug-likeness (QED) is 0.881. The van der Waals surface area contributed by atoms with E-state index in [1.807, 2.05) is 19.2 Å². The lowest BCUT2D eigenvalue weighted by molar-refractivity contribution is 0.315. The Bertz CT molecular complexity index is 506. The van der Waals surface area contributed by atoms with Crippen LogP contribution in [0.15, 0.2) is 23.7 Å². The van der Waals surface area contributed by atoms with Crippen LogP contribution in [0.1, 0.15) is 23.2 Å². The highest BCUT2D eigenvalue weighted by molar-refractivity contribution is 7.09. The largest absolute Gasteiger partial charge is 0.370 e. The van der Waals surface area contributed by atoms with Gasteiger partial charge in [-0.3, -0.25) is 4.90 Å². The Morgan fingerprint density at radius 1 is 1.32 bits per heavy atom. The topological polar surface area (TPSA) is 41.0 Å². The summed E-state index contributed by atoms with van der Waals surface area (Å²) in [4.78, 5) is 11.1. The molecule has 0 atom stereocenters. The lowest BCUT2D eigenvalue weighted by atomic mass is 10.2. The molecule has 0 bridgehead atoms. The molecule has 1 N–H and O–H groups in total. The van der Waals surface area contributed by atoms with Crippen molar-refractivity contribution in [2.45, 2.75) is 26.9 Å². The summed E-state index contributed by atoms with van der Waals surface area (Å²) in [6.45, 7) is 6.77. The van der Waals surface area contributed by atoms with E-state index in [1.165, 1.54) is 5.56 Å². The number of thiazole rings is 1. The van der Waals surface area contributed by atoms with E-state index in [0.717, 1.165) is 36.2 Å². The van der Waals surface area contributed by atoms with Crippen molar-refractivity contribution in [2.75, 3.05) is 18.9 Å². The Morgan fingerprint density at radius 2 is 2.16 bits per heavy atom. The Balaban J connectivity index is 1.89. The molecule has 0 amide bonds. The van der Waals surface area contributed by atoms with Gasteiger partial charge in [-0.25, -0.2) is 9.97 Å². The standard InChI is InChI=1S/C14H20N4S/c1-4-15-14-6-5-12(7-16-14)8-18(3)9-13-10-19-11(2)17-13/h5-7,10H,4,8-9H2,1-3H3,(H,15,16). The molecule has 0 saturated heterocycles. The van der Waals surface area contributed by atoms with Crippen LogP contribution in [0.3, 0.4) is 0 Å². The van der Waals surface area contributed by atoms with Crippen LogP contribution in [-0.2, 0) is 13.1 Å². The maximum Gasteiger partial charge on any atom is 0.125 e. The van der Waals surface area contributed by atoms with E-state index >= 15 is 0 Å². The van der Waals surface area contributed by atoms with Gasteiger partial charge < -0.3 is 5.32 Å². The first-order chi connectivity index (χ1) is 9.17. The summed E-state index contributed by atoms with van der Waals surface area (Å²) >= 11 is 1.70. The molecule has 0 aliphatic rings. The molecule has 102 valence electrons. The zero-order valence-electron chi connectivity index (χ0n) is 11.7. The number of aromatic nitrogens is 2. The van der Waals surface area contributed by atoms with Gasteiger partial charge in [0.05, 0.1) is 10.7 Å². The summed E-state index contributed by atoms with van der Waals surface area (Å²) < 4.78 is 0. The molecule has 4 nitrogen and oxygen atoms in total. The predicted octanol–water partition coefficient (Wildman–Crippen LogP) is 2.91. The molecule has 0 aliphatic carbocycles. The van der Waals surface area contributed by atoms with Gasteiger partial charge in [-0.05, 0) is 32.5 Å². The first-order valence-electron chi connectivity index (χ1n) is 6.45. The number of hydrogen-bond acceptors (Lipinski definition) is 5. The second kappa shape index (κ2) is 6.63. The first kappa shape index (κ1) is 14.0. The minimum atomic E-state index is 0.874. The van der Waals surface area contributed by atoms with Crippen LogP contribution in [0.5, 0.6) is 0 Å². The number of anilines is 1. The van der Waals surface area contributed by atoms with Crippen molar-refractivity contribution in [3.63, 3.8) is 0 Å². The highest BCUT2D eigenvalue weighted by Crippen LogP contribution is 2.12. The molecular weight excluding hydrogens is 256 g/mol. The molecule has 0 aromatic carbocycles. The normalized spacial score (nSPS) is 10.9. The molecule has 0 unspecified atom stereocenters. The number of nitrogens with one attached hydrogen (secondary N) is 1. The molecule has 0 aliphatic heterocycles. The van der Waals surface area contributed by atoms with Crippen LogP contribution in [-0.4, -0.2) is 28.5 Å². The van der Waals surface area contributed by atoms with Crippen molar-refractivity contribution in [3.05, 3.63) is 40.0 Å². The Kier molecular flexibility index (Phi) is 4.87. The molecule has 2 aromatic rings. The van der Waals surface area contributed by atoms with Gasteiger partial charge in [-0.2, -0.15) is 0 Å². The van der Waals surface area contributed by atoms with E-state index < -0.39 is 0 Å². The minimum Gasteiger partial charge on any atom is -0.370 e. The van der Waals surface area contributed by atoms with Gasteiger partial charge in [0.25, 0.3) is 0 Å². The number of rotatable bonds is 6. The average Bonchev–Trinajstić information content (AvgIpc) is 2.77. The molecule has 2 rings (SSSR count). The van der Waals surface area contributed by atoms with Crippen molar-refractivity contribution >= 4 is 17.2 Å². The van der Waals surface area contributed by atoms with Crippen LogP contribution < -0.4 is 5.32 Å². The Morgan fingerprint density at radius 3 is 2.74 bits per heavy atom. The molecular formula is C14H20N4S. The second-order valence-corrected chi connectivity index (χ2v) is 5.67. The van der Waals surface area contributed by atoms with E-state index in [4.69, 9.17) is 0 Å². The fraction of sp³-hybridized carbons (Fsp3) is 0.429. The van der Waals surface area contributed by atoms with Gasteiger partial charge in [0.15, 0.2) is 0 Å². The minimum absolute atomic E-state index is 0.874. The summed E-state index contributed by atoms with van der Waals surface area (Å²) in [6, 6.07) is 4.15. The summed E-state index contributed by atoms with van der Waals surface area (Å²) in [5.41, 5.74) is 2.36. The lowest BCUT2D eigenvalue weighted by Crippen LogP contribution is -2.17. The van der Waals surface area contributed by atoms with Gasteiger partial charge in [0.1, 0.15) is 5.82 Å². The van der Waals surface area contributed by atoms with Crippen LogP contribution in [0.4, 0.5) is 5.82 Å². The summed E-state index contributed by atoms with van der Waals surface area (Å²) in [5.74, 6) is 0.934. The zero-order valence-corrected chi connectivity index (χ0v) is 12.5. The van der Waals surface area contributed by atoms with Crippen molar-refractivity contribution in [2.24, 2.45) is 0 Å². The summed E-state index contributed by atoms with van der Waals surface area (Å²) in [7, 11) is 2.10. The first-order valence-corrected chi connectivity index (χ1v) is 7.33. The monoisotopic (exact) mass is 276 g/mol. The fourth-order valence-corrected chi connectivity index (χ4v) is 2.53. The van der Waals surface area contributed by atoms with Crippen LogP contribution in [0.25, 0.3) is 0 Å². The molecule has 0 saturated carbocycles. The Hall–Kier alpha value is -1.46. The SMILES string of the molecule is CCNc1ccc(CN(C)Cc2csc(C)n2)cn1. The van der Waals surface area contributed by atoms with Crippen molar-refractivity contribution in [3.8, 4) is 0 Å². The highest BCUT2D eigenvalue weighted by Gasteiger charge is 2.05. The number of aryl methyl sites for hydroxylation is 1. The van der Waals surface area contributed by atoms with Crippen LogP contribution >= 0.6 is 11.3 Å². The molecule has 2 heterocycles. The van der Waals surface area contributed by atoms with Crippen LogP contribution in [0.2, 0.25) is 0 Å². The molecule has 19 heavy (non-hydrogen) atoms. The number of nitrogens with zero attached hydrogens (tertiary/aromatic N) is 3. The second-order valence-electron chi connectivity index (χ2n) is 4.61. The van der Waals surface area contributed by atoms with E-state index in [1.54, 1.807) is 11.3 Å². The van der Waals surface area contributed by atoms with Crippen LogP contribution in [0, 0.1) is 6.92 Å². The lowest BCUT2D eigenvalue weighted by Gasteiger charge is -2.15. The predicted molar refractivity (Wildman–Crippen MR) is 80.4 cm³/mol. The van der Waals surface area contributed by atoms with E-state index in [0.29, 0.717) is 0 Å². The smallest absolute Gasteiger partial charge is 0.125 e. The zero-order chi connectivity index (χ0) is 13.7. The third kappa shape index (κ3) is 4.29. The number of hydrogen-bond donors (Lipinski definition) is 1. The van der Waals surface area contributed by atoms with Gasteiger partial charge in [0.2, 0.25) is 0 Å². The highest BCUT2D eigenvalue weighted by atomic mass is 32.1. The van der Waals surface area contributed by atoms with E-state index in [9.17, 15) is 0 Å². The molecule has 2 aromatic heterocycles. The molecule has 0 radical (unpaired) electrons. The van der Waals surface area contributed by atoms with Crippen molar-refractivity contribution in [1.29, 1.82) is 0 Å². The summed E-state index contributed by atoms with van der Waals surface area (Å²) in [5, 5.41) is 6.45. The average molecular weight is 276 g/mol. The third-order valence-corrected chi connectivity index (χ3v) is 3.56. The summed E-state index contributed by atoms with van der Waals surface area (Å²) in [6.07, 6.45) is 1.93. The molecule has 5 heteroatoms. The van der Waals surface area contributed by atoms with E-state index in [2.05, 4.69) is 45.6 Å². The van der Waals surface area contributed by atoms with Gasteiger partial charge in [-0.1, -0.05) is 6.07 Å². The number of pyridine rings is 1. The fourth-order valence-electron chi connectivity index (χ4n) is 1.93.